The van der Waals surface area contributed by atoms with Gasteiger partial charge < -0.3 is 19.4 Å². The number of halogens is 1. The van der Waals surface area contributed by atoms with Gasteiger partial charge in [-0.05, 0) is 66.8 Å². The van der Waals surface area contributed by atoms with Gasteiger partial charge in [-0.1, -0.05) is 47.6 Å². The van der Waals surface area contributed by atoms with Gasteiger partial charge in [0, 0.05) is 23.1 Å². The average molecular weight is 574 g/mol. The number of aromatic nitrogens is 3. The van der Waals surface area contributed by atoms with Gasteiger partial charge in [-0.2, -0.15) is 0 Å². The fourth-order valence-corrected chi connectivity index (χ4v) is 5.29. The number of nitrogens with one attached hydrogen (secondary N) is 1. The molecule has 7 nitrogen and oxygen atoms in total. The second kappa shape index (κ2) is 13.5. The Morgan fingerprint density at radius 2 is 2.00 bits per heavy atom. The highest BCUT2D eigenvalue weighted by molar-refractivity contribution is 9.10. The summed E-state index contributed by atoms with van der Waals surface area (Å²) in [6.07, 6.45) is 3.32. The Bertz CT molecular complexity index is 1180. The number of carbonyl (C=O) groups excluding carboxylic acids is 1. The fraction of sp³-hybridized carbons (Fsp3) is 0.370. The Hall–Kier alpha value is -2.78. The monoisotopic (exact) mass is 572 g/mol. The lowest BCUT2D eigenvalue weighted by Gasteiger charge is -2.15. The minimum Gasteiger partial charge on any atom is -0.497 e. The van der Waals surface area contributed by atoms with Gasteiger partial charge in [-0.25, -0.2) is 0 Å². The van der Waals surface area contributed by atoms with Crippen molar-refractivity contribution >= 4 is 39.3 Å². The lowest BCUT2D eigenvalue weighted by atomic mass is 10.0. The predicted octanol–water partition coefficient (Wildman–Crippen LogP) is 6.41. The normalized spacial score (nSPS) is 10.9. The smallest absolute Gasteiger partial charge is 0.234 e. The molecule has 1 amide bonds. The number of hydrogen-bond donors (Lipinski definition) is 1. The molecular weight excluding hydrogens is 540 g/mol. The number of aryl methyl sites for hydroxylation is 2. The van der Waals surface area contributed by atoms with Crippen LogP contribution in [0, 0.1) is 6.92 Å². The molecule has 0 atom stereocenters. The highest BCUT2D eigenvalue weighted by Gasteiger charge is 2.14. The quantitative estimate of drug-likeness (QED) is 0.145. The number of allylic oxidation sites excluding steroid dienone is 1. The lowest BCUT2D eigenvalue weighted by molar-refractivity contribution is -0.113. The molecule has 0 aliphatic carbocycles. The van der Waals surface area contributed by atoms with Crippen LogP contribution in [0.25, 0.3) is 0 Å². The molecule has 3 aromatic rings. The van der Waals surface area contributed by atoms with Gasteiger partial charge in [-0.15, -0.1) is 16.8 Å². The summed E-state index contributed by atoms with van der Waals surface area (Å²) in [5, 5.41) is 12.3. The molecule has 3 rings (SSSR count). The van der Waals surface area contributed by atoms with E-state index >= 15 is 0 Å². The molecule has 0 radical (unpaired) electrons. The van der Waals surface area contributed by atoms with E-state index in [1.807, 2.05) is 10.6 Å². The fourth-order valence-electron chi connectivity index (χ4n) is 3.60. The average Bonchev–Trinajstić information content (AvgIpc) is 3.23. The van der Waals surface area contributed by atoms with Crippen LogP contribution in [0.5, 0.6) is 11.5 Å². The molecule has 0 aliphatic rings. The van der Waals surface area contributed by atoms with E-state index in [1.165, 1.54) is 17.3 Å². The maximum Gasteiger partial charge on any atom is 0.234 e. The number of hydrogen-bond acceptors (Lipinski definition) is 6. The van der Waals surface area contributed by atoms with Crippen LogP contribution in [0.3, 0.4) is 0 Å². The summed E-state index contributed by atoms with van der Waals surface area (Å²) < 4.78 is 14.4. The molecule has 0 bridgehead atoms. The van der Waals surface area contributed by atoms with Gasteiger partial charge >= 0.3 is 0 Å². The van der Waals surface area contributed by atoms with Crippen LogP contribution in [0.1, 0.15) is 43.1 Å². The van der Waals surface area contributed by atoms with Gasteiger partial charge in [-0.3, -0.25) is 4.79 Å². The first-order valence-corrected chi connectivity index (χ1v) is 13.6. The summed E-state index contributed by atoms with van der Waals surface area (Å²) in [6.45, 7) is 11.4. The Labute approximate surface area is 225 Å². The molecule has 9 heteroatoms. The highest BCUT2D eigenvalue weighted by atomic mass is 79.9. The van der Waals surface area contributed by atoms with Crippen LogP contribution in [0.15, 0.2) is 58.7 Å². The van der Waals surface area contributed by atoms with Crippen molar-refractivity contribution in [2.75, 3.05) is 24.8 Å². The number of amides is 1. The Morgan fingerprint density at radius 1 is 1.25 bits per heavy atom. The van der Waals surface area contributed by atoms with Crippen molar-refractivity contribution in [3.8, 4) is 11.5 Å². The second-order valence-corrected chi connectivity index (χ2v) is 10.4. The summed E-state index contributed by atoms with van der Waals surface area (Å²) in [6, 6.07) is 11.5. The maximum atomic E-state index is 12.4. The molecule has 0 saturated heterocycles. The van der Waals surface area contributed by atoms with Crippen LogP contribution >= 0.6 is 27.7 Å². The molecule has 0 fully saturated rings. The van der Waals surface area contributed by atoms with Gasteiger partial charge in [0.2, 0.25) is 5.91 Å². The number of nitrogens with zero attached hydrogens (tertiary/aromatic N) is 3. The molecular formula is C27H33BrN4O3S. The van der Waals surface area contributed by atoms with Crippen molar-refractivity contribution in [2.45, 2.75) is 51.2 Å². The summed E-state index contributed by atoms with van der Waals surface area (Å²) in [7, 11) is 1.61. The zero-order valence-electron chi connectivity index (χ0n) is 21.2. The first kappa shape index (κ1) is 27.8. The summed E-state index contributed by atoms with van der Waals surface area (Å²) in [4.78, 5) is 12.4. The summed E-state index contributed by atoms with van der Waals surface area (Å²) in [5.74, 6) is 3.03. The molecule has 192 valence electrons. The van der Waals surface area contributed by atoms with Gasteiger partial charge in [0.05, 0.1) is 19.5 Å². The lowest BCUT2D eigenvalue weighted by Crippen LogP contribution is -2.14. The van der Waals surface area contributed by atoms with Crippen LogP contribution < -0.4 is 14.8 Å². The minimum atomic E-state index is -0.112. The molecule has 1 aromatic heterocycles. The van der Waals surface area contributed by atoms with E-state index in [0.717, 1.165) is 39.5 Å². The van der Waals surface area contributed by atoms with Crippen molar-refractivity contribution in [1.29, 1.82) is 0 Å². The number of methoxy groups -OCH3 is 1. The van der Waals surface area contributed by atoms with Crippen molar-refractivity contribution in [2.24, 2.45) is 0 Å². The number of benzene rings is 2. The van der Waals surface area contributed by atoms with Crippen molar-refractivity contribution in [1.82, 2.24) is 14.8 Å². The molecule has 0 saturated carbocycles. The Morgan fingerprint density at radius 3 is 2.67 bits per heavy atom. The van der Waals surface area contributed by atoms with Crippen LogP contribution in [-0.4, -0.2) is 40.1 Å². The van der Waals surface area contributed by atoms with Gasteiger partial charge in [0.15, 0.2) is 5.16 Å². The number of carbonyl (C=O) groups is 1. The zero-order valence-corrected chi connectivity index (χ0v) is 23.6. The largest absolute Gasteiger partial charge is 0.497 e. The van der Waals surface area contributed by atoms with Crippen molar-refractivity contribution < 1.29 is 14.3 Å². The standard InChI is InChI=1S/C27H33BrN4O3S/c1-6-13-32-25(8-7-14-35-24-16-22(18(2)3)23(28)15-19(24)4)30-31-27(32)36-17-26(33)29-20-9-11-21(34-5)12-10-20/h6,9-12,15-16,18H,1,7-8,13-14,17H2,2-5H3,(H,29,33). The first-order valence-electron chi connectivity index (χ1n) is 11.8. The van der Waals surface area contributed by atoms with Gasteiger partial charge in [0.1, 0.15) is 17.3 Å². The van der Waals surface area contributed by atoms with Crippen molar-refractivity contribution in [3.05, 3.63) is 70.5 Å². The number of thioether (sulfide) groups is 1. The molecule has 36 heavy (non-hydrogen) atoms. The second-order valence-electron chi connectivity index (χ2n) is 8.61. The SMILES string of the molecule is C=CCn1c(CCCOc2cc(C(C)C)c(Br)cc2C)nnc1SCC(=O)Nc1ccc(OC)cc1. The highest BCUT2D eigenvalue weighted by Crippen LogP contribution is 2.31. The first-order chi connectivity index (χ1) is 17.3. The van der Waals surface area contributed by atoms with E-state index in [1.54, 1.807) is 31.4 Å². The third-order valence-electron chi connectivity index (χ3n) is 5.53. The molecule has 0 aliphatic heterocycles. The predicted molar refractivity (Wildman–Crippen MR) is 149 cm³/mol. The number of anilines is 1. The molecule has 0 spiro atoms. The van der Waals surface area contributed by atoms with E-state index in [0.29, 0.717) is 30.6 Å². The van der Waals surface area contributed by atoms with E-state index in [2.05, 4.69) is 70.9 Å². The van der Waals surface area contributed by atoms with Crippen molar-refractivity contribution in [3.63, 3.8) is 0 Å². The van der Waals surface area contributed by atoms with E-state index in [4.69, 9.17) is 9.47 Å². The van der Waals surface area contributed by atoms with Crippen LogP contribution in [-0.2, 0) is 17.8 Å². The van der Waals surface area contributed by atoms with E-state index in [-0.39, 0.29) is 11.7 Å². The number of rotatable bonds is 13. The third kappa shape index (κ3) is 7.61. The number of ether oxygens (including phenoxy) is 2. The Balaban J connectivity index is 1.54. The summed E-state index contributed by atoms with van der Waals surface area (Å²) in [5.41, 5.74) is 3.06. The minimum absolute atomic E-state index is 0.112. The molecule has 1 heterocycles. The van der Waals surface area contributed by atoms with E-state index < -0.39 is 0 Å². The molecule has 2 aromatic carbocycles. The zero-order chi connectivity index (χ0) is 26.1. The van der Waals surface area contributed by atoms with Gasteiger partial charge in [0.25, 0.3) is 0 Å². The van der Waals surface area contributed by atoms with Crippen LogP contribution in [0.4, 0.5) is 5.69 Å². The Kier molecular flexibility index (Phi) is 10.4. The summed E-state index contributed by atoms with van der Waals surface area (Å²) >= 11 is 5.00. The molecule has 0 unspecified atom stereocenters. The van der Waals surface area contributed by atoms with Crippen LogP contribution in [0.2, 0.25) is 0 Å². The third-order valence-corrected chi connectivity index (χ3v) is 7.18. The topological polar surface area (TPSA) is 78.3 Å². The molecule has 1 N–H and O–H groups in total. The maximum absolute atomic E-state index is 12.4. The van der Waals surface area contributed by atoms with E-state index in [9.17, 15) is 4.79 Å².